The molecule has 0 saturated carbocycles. The number of pyridine rings is 1. The van der Waals surface area contributed by atoms with E-state index >= 15 is 0 Å². The van der Waals surface area contributed by atoms with Crippen LogP contribution in [0.2, 0.25) is 10.0 Å². The molecule has 2 heterocycles. The van der Waals surface area contributed by atoms with E-state index in [4.69, 9.17) is 27.6 Å². The molecule has 2 aromatic carbocycles. The molecular weight excluding hydrogens is 445 g/mol. The van der Waals surface area contributed by atoms with Crippen LogP contribution in [0.4, 0.5) is 0 Å². The molecule has 0 amide bonds. The first-order valence-electron chi connectivity index (χ1n) is 8.91. The van der Waals surface area contributed by atoms with Crippen molar-refractivity contribution >= 4 is 45.9 Å². The molecule has 8 heteroatoms. The van der Waals surface area contributed by atoms with E-state index in [0.29, 0.717) is 20.6 Å². The van der Waals surface area contributed by atoms with E-state index in [2.05, 4.69) is 0 Å². The molecule has 30 heavy (non-hydrogen) atoms. The van der Waals surface area contributed by atoms with Crippen LogP contribution in [0, 0.1) is 6.92 Å². The van der Waals surface area contributed by atoms with Crippen LogP contribution >= 0.6 is 35.0 Å². The molecular formula is C22H15Cl2NO4S. The van der Waals surface area contributed by atoms with Crippen LogP contribution < -0.4 is 11.2 Å². The third kappa shape index (κ3) is 3.99. The molecule has 0 aliphatic rings. The number of aryl methyl sites for hydroxylation is 1. The fourth-order valence-corrected chi connectivity index (χ4v) is 4.38. The monoisotopic (exact) mass is 459 g/mol. The summed E-state index contributed by atoms with van der Waals surface area (Å²) in [6.45, 7) is 2.02. The molecule has 152 valence electrons. The summed E-state index contributed by atoms with van der Waals surface area (Å²) in [4.78, 5) is 26.2. The Morgan fingerprint density at radius 2 is 1.77 bits per heavy atom. The summed E-state index contributed by atoms with van der Waals surface area (Å²) in [6, 6.07) is 15.5. The van der Waals surface area contributed by atoms with E-state index in [9.17, 15) is 14.7 Å². The van der Waals surface area contributed by atoms with Crippen molar-refractivity contribution in [3.05, 3.63) is 96.7 Å². The summed E-state index contributed by atoms with van der Waals surface area (Å²) in [5.74, 6) is -0.402. The van der Waals surface area contributed by atoms with Gasteiger partial charge in [-0.1, -0.05) is 53.2 Å². The molecule has 0 aliphatic carbocycles. The average Bonchev–Trinajstić information content (AvgIpc) is 2.69. The number of aromatic hydroxyl groups is 1. The first kappa shape index (κ1) is 20.6. The van der Waals surface area contributed by atoms with Gasteiger partial charge in [0, 0.05) is 26.7 Å². The maximum Gasteiger partial charge on any atom is 0.354 e. The van der Waals surface area contributed by atoms with Gasteiger partial charge in [-0.15, -0.1) is 0 Å². The van der Waals surface area contributed by atoms with Gasteiger partial charge in [0.15, 0.2) is 5.75 Å². The highest BCUT2D eigenvalue weighted by molar-refractivity contribution is 7.99. The highest BCUT2D eigenvalue weighted by Crippen LogP contribution is 2.36. The highest BCUT2D eigenvalue weighted by atomic mass is 35.5. The minimum atomic E-state index is -0.723. The van der Waals surface area contributed by atoms with Gasteiger partial charge in [0.1, 0.15) is 15.9 Å². The van der Waals surface area contributed by atoms with E-state index in [1.165, 1.54) is 4.57 Å². The Balaban J connectivity index is 1.85. The van der Waals surface area contributed by atoms with Crippen LogP contribution in [0.15, 0.2) is 78.4 Å². The summed E-state index contributed by atoms with van der Waals surface area (Å²) < 4.78 is 6.87. The predicted molar refractivity (Wildman–Crippen MR) is 119 cm³/mol. The van der Waals surface area contributed by atoms with Crippen LogP contribution in [0.5, 0.6) is 5.75 Å². The molecule has 5 nitrogen and oxygen atoms in total. The average molecular weight is 460 g/mol. The normalized spacial score (nSPS) is 11.2. The lowest BCUT2D eigenvalue weighted by Crippen LogP contribution is -2.24. The van der Waals surface area contributed by atoms with Gasteiger partial charge in [0.2, 0.25) is 0 Å². The molecule has 0 atom stereocenters. The van der Waals surface area contributed by atoms with Crippen LogP contribution in [-0.2, 0) is 6.54 Å². The summed E-state index contributed by atoms with van der Waals surface area (Å²) in [7, 11) is 0. The van der Waals surface area contributed by atoms with E-state index in [1.807, 2.05) is 12.1 Å². The number of fused-ring (bicyclic) bond motifs is 1. The summed E-state index contributed by atoms with van der Waals surface area (Å²) in [5, 5.41) is 11.9. The minimum absolute atomic E-state index is 0.0429. The molecule has 0 unspecified atom stereocenters. The van der Waals surface area contributed by atoms with Crippen molar-refractivity contribution in [2.45, 2.75) is 23.3 Å². The Labute approximate surface area is 185 Å². The Kier molecular flexibility index (Phi) is 5.64. The SMILES string of the molecule is Cc1cc2oc(=O)c(Sc3cccc(Cl)c3)c(O)c2c(=O)n1Cc1ccc(Cl)cc1. The summed E-state index contributed by atoms with van der Waals surface area (Å²) in [5.41, 5.74) is 0.339. The molecule has 1 N–H and O–H groups in total. The van der Waals surface area contributed by atoms with E-state index in [0.717, 1.165) is 17.3 Å². The number of hydrogen-bond acceptors (Lipinski definition) is 5. The zero-order valence-corrected chi connectivity index (χ0v) is 18.0. The van der Waals surface area contributed by atoms with Crippen LogP contribution in [0.3, 0.4) is 0 Å². The Morgan fingerprint density at radius 1 is 1.03 bits per heavy atom. The summed E-state index contributed by atoms with van der Waals surface area (Å²) in [6.07, 6.45) is 0. The summed E-state index contributed by atoms with van der Waals surface area (Å²) >= 11 is 12.9. The third-order valence-corrected chi connectivity index (χ3v) is 6.12. The first-order valence-corrected chi connectivity index (χ1v) is 10.5. The van der Waals surface area contributed by atoms with Crippen molar-refractivity contribution < 1.29 is 9.52 Å². The zero-order valence-electron chi connectivity index (χ0n) is 15.7. The second-order valence-electron chi connectivity index (χ2n) is 6.67. The van der Waals surface area contributed by atoms with Gasteiger partial charge in [-0.3, -0.25) is 4.79 Å². The lowest BCUT2D eigenvalue weighted by atomic mass is 10.2. The Hall–Kier alpha value is -2.67. The lowest BCUT2D eigenvalue weighted by molar-refractivity contribution is 0.445. The molecule has 0 bridgehead atoms. The van der Waals surface area contributed by atoms with E-state index < -0.39 is 16.9 Å². The second kappa shape index (κ2) is 8.22. The quantitative estimate of drug-likeness (QED) is 0.437. The van der Waals surface area contributed by atoms with Crippen molar-refractivity contribution in [1.29, 1.82) is 0 Å². The highest BCUT2D eigenvalue weighted by Gasteiger charge is 2.20. The largest absolute Gasteiger partial charge is 0.505 e. The van der Waals surface area contributed by atoms with Gasteiger partial charge in [0.25, 0.3) is 5.56 Å². The molecule has 0 fully saturated rings. The smallest absolute Gasteiger partial charge is 0.354 e. The number of nitrogens with zero attached hydrogens (tertiary/aromatic N) is 1. The molecule has 4 rings (SSSR count). The third-order valence-electron chi connectivity index (χ3n) is 4.58. The van der Waals surface area contributed by atoms with Crippen LogP contribution in [0.1, 0.15) is 11.3 Å². The molecule has 0 spiro atoms. The van der Waals surface area contributed by atoms with Gasteiger partial charge in [-0.25, -0.2) is 4.79 Å². The maximum atomic E-state index is 13.2. The standard InChI is InChI=1S/C22H15Cl2NO4S/c1-12-9-17-18(21(27)25(12)11-13-5-7-14(23)8-6-13)19(26)20(22(28)29-17)30-16-4-2-3-15(24)10-16/h2-10,26H,11H2,1H3. The van der Waals surface area contributed by atoms with E-state index in [-0.39, 0.29) is 22.4 Å². The number of rotatable bonds is 4. The van der Waals surface area contributed by atoms with Gasteiger partial charge in [0.05, 0.1) is 6.54 Å². The minimum Gasteiger partial charge on any atom is -0.505 e. The zero-order chi connectivity index (χ0) is 21.4. The number of aromatic nitrogens is 1. The fourth-order valence-electron chi connectivity index (χ4n) is 3.10. The number of hydrogen-bond donors (Lipinski definition) is 1. The van der Waals surface area contributed by atoms with Gasteiger partial charge in [-0.05, 0) is 42.8 Å². The van der Waals surface area contributed by atoms with Gasteiger partial charge >= 0.3 is 5.63 Å². The first-order chi connectivity index (χ1) is 14.3. The second-order valence-corrected chi connectivity index (χ2v) is 8.63. The van der Waals surface area contributed by atoms with Gasteiger partial charge in [-0.2, -0.15) is 0 Å². The van der Waals surface area contributed by atoms with Gasteiger partial charge < -0.3 is 14.1 Å². The van der Waals surface area contributed by atoms with Crippen molar-refractivity contribution in [3.8, 4) is 5.75 Å². The van der Waals surface area contributed by atoms with Crippen molar-refractivity contribution in [1.82, 2.24) is 4.57 Å². The molecule has 0 radical (unpaired) electrons. The number of halogens is 2. The molecule has 2 aromatic heterocycles. The Morgan fingerprint density at radius 3 is 2.47 bits per heavy atom. The van der Waals surface area contributed by atoms with Crippen molar-refractivity contribution in [2.24, 2.45) is 0 Å². The van der Waals surface area contributed by atoms with Crippen molar-refractivity contribution in [3.63, 3.8) is 0 Å². The maximum absolute atomic E-state index is 13.2. The fraction of sp³-hybridized carbons (Fsp3) is 0.0909. The molecule has 4 aromatic rings. The molecule has 0 aliphatic heterocycles. The van der Waals surface area contributed by atoms with Crippen LogP contribution in [0.25, 0.3) is 11.0 Å². The van der Waals surface area contributed by atoms with Crippen molar-refractivity contribution in [2.75, 3.05) is 0 Å². The Bertz CT molecular complexity index is 1380. The molecule has 0 saturated heterocycles. The predicted octanol–water partition coefficient (Wildman–Crippen LogP) is 5.48. The van der Waals surface area contributed by atoms with Crippen LogP contribution in [-0.4, -0.2) is 9.67 Å². The van der Waals surface area contributed by atoms with E-state index in [1.54, 1.807) is 49.4 Å². The lowest BCUT2D eigenvalue weighted by Gasteiger charge is -2.13. The topological polar surface area (TPSA) is 72.4 Å². The number of benzene rings is 2.